The average molecular weight is 227 g/mol. The summed E-state index contributed by atoms with van der Waals surface area (Å²) in [7, 11) is 1.41. The summed E-state index contributed by atoms with van der Waals surface area (Å²) in [4.78, 5) is 11.6. The molecular formula is C12H15ClO2. The average Bonchev–Trinajstić information content (AvgIpc) is 2.20. The van der Waals surface area contributed by atoms with Crippen LogP contribution in [0.2, 0.25) is 5.02 Å². The van der Waals surface area contributed by atoms with Crippen molar-refractivity contribution in [1.29, 1.82) is 0 Å². The molecule has 15 heavy (non-hydrogen) atoms. The van der Waals surface area contributed by atoms with Crippen molar-refractivity contribution in [2.45, 2.75) is 19.8 Å². The van der Waals surface area contributed by atoms with Crippen LogP contribution in [-0.4, -0.2) is 13.1 Å². The number of carbonyl (C=O) groups is 1. The van der Waals surface area contributed by atoms with Crippen molar-refractivity contribution in [3.8, 4) is 0 Å². The third-order valence-electron chi connectivity index (χ3n) is 2.35. The summed E-state index contributed by atoms with van der Waals surface area (Å²) < 4.78 is 4.79. The van der Waals surface area contributed by atoms with Crippen molar-refractivity contribution in [2.75, 3.05) is 7.11 Å². The van der Waals surface area contributed by atoms with Gasteiger partial charge in [0.1, 0.15) is 0 Å². The first-order valence-corrected chi connectivity index (χ1v) is 5.27. The van der Waals surface area contributed by atoms with Crippen molar-refractivity contribution >= 4 is 17.6 Å². The lowest BCUT2D eigenvalue weighted by Gasteiger charge is -2.18. The molecule has 0 aliphatic rings. The fourth-order valence-electron chi connectivity index (χ4n) is 1.59. The molecule has 1 atom stereocenters. The van der Waals surface area contributed by atoms with Gasteiger partial charge in [-0.2, -0.15) is 0 Å². The maximum absolute atomic E-state index is 11.6. The van der Waals surface area contributed by atoms with Gasteiger partial charge in [-0.1, -0.05) is 37.6 Å². The summed E-state index contributed by atoms with van der Waals surface area (Å²) >= 11 is 5.79. The summed E-state index contributed by atoms with van der Waals surface area (Å²) in [5.41, 5.74) is 0.946. The van der Waals surface area contributed by atoms with Crippen molar-refractivity contribution in [2.24, 2.45) is 5.92 Å². The van der Waals surface area contributed by atoms with Crippen LogP contribution in [-0.2, 0) is 9.53 Å². The number of ether oxygens (including phenoxy) is 1. The minimum atomic E-state index is -0.215. The topological polar surface area (TPSA) is 26.3 Å². The molecule has 1 rings (SSSR count). The maximum atomic E-state index is 11.6. The molecule has 1 aromatic rings. The molecule has 1 aromatic carbocycles. The number of hydrogen-bond donors (Lipinski definition) is 0. The molecule has 0 radical (unpaired) electrons. The Labute approximate surface area is 95.2 Å². The van der Waals surface area contributed by atoms with Crippen LogP contribution in [0.4, 0.5) is 0 Å². The third kappa shape index (κ3) is 2.96. The Morgan fingerprint density at radius 3 is 2.20 bits per heavy atom. The minimum Gasteiger partial charge on any atom is -0.469 e. The predicted molar refractivity (Wildman–Crippen MR) is 61.0 cm³/mol. The zero-order valence-corrected chi connectivity index (χ0v) is 9.91. The van der Waals surface area contributed by atoms with E-state index in [1.807, 2.05) is 26.0 Å². The number of carbonyl (C=O) groups excluding carboxylic acids is 1. The van der Waals surface area contributed by atoms with Crippen LogP contribution in [0.5, 0.6) is 0 Å². The number of methoxy groups -OCH3 is 1. The molecule has 0 unspecified atom stereocenters. The molecule has 0 saturated heterocycles. The molecule has 0 aliphatic carbocycles. The fourth-order valence-corrected chi connectivity index (χ4v) is 1.72. The Bertz CT molecular complexity index is 330. The van der Waals surface area contributed by atoms with Crippen molar-refractivity contribution in [3.63, 3.8) is 0 Å². The molecule has 0 fully saturated rings. The SMILES string of the molecule is COC(=O)[C@H](c1ccc(Cl)cc1)C(C)C. The Morgan fingerprint density at radius 1 is 1.27 bits per heavy atom. The second kappa shape index (κ2) is 5.17. The highest BCUT2D eigenvalue weighted by molar-refractivity contribution is 6.30. The van der Waals surface area contributed by atoms with Gasteiger partial charge in [0, 0.05) is 5.02 Å². The molecule has 0 heterocycles. The Balaban J connectivity index is 2.99. The Hall–Kier alpha value is -1.02. The lowest BCUT2D eigenvalue weighted by molar-refractivity contribution is -0.143. The van der Waals surface area contributed by atoms with Gasteiger partial charge in [-0.3, -0.25) is 4.79 Å². The fraction of sp³-hybridized carbons (Fsp3) is 0.417. The van der Waals surface area contributed by atoms with E-state index in [-0.39, 0.29) is 17.8 Å². The second-order valence-corrected chi connectivity index (χ2v) is 4.23. The Morgan fingerprint density at radius 2 is 1.80 bits per heavy atom. The summed E-state index contributed by atoms with van der Waals surface area (Å²) in [6.07, 6.45) is 0. The zero-order chi connectivity index (χ0) is 11.4. The molecule has 3 heteroatoms. The van der Waals surface area contributed by atoms with E-state index in [1.165, 1.54) is 7.11 Å². The highest BCUT2D eigenvalue weighted by Gasteiger charge is 2.24. The largest absolute Gasteiger partial charge is 0.469 e. The normalized spacial score (nSPS) is 12.6. The van der Waals surface area contributed by atoms with E-state index >= 15 is 0 Å². The number of rotatable bonds is 3. The molecule has 0 amide bonds. The number of benzene rings is 1. The number of hydrogen-bond acceptors (Lipinski definition) is 2. The van der Waals surface area contributed by atoms with Gasteiger partial charge in [0.15, 0.2) is 0 Å². The van der Waals surface area contributed by atoms with Gasteiger partial charge in [-0.05, 0) is 23.6 Å². The van der Waals surface area contributed by atoms with Crippen LogP contribution in [0.25, 0.3) is 0 Å². The van der Waals surface area contributed by atoms with Crippen LogP contribution < -0.4 is 0 Å². The molecule has 0 aliphatic heterocycles. The van der Waals surface area contributed by atoms with Crippen LogP contribution >= 0.6 is 11.6 Å². The van der Waals surface area contributed by atoms with Crippen LogP contribution in [0.1, 0.15) is 25.3 Å². The zero-order valence-electron chi connectivity index (χ0n) is 9.16. The summed E-state index contributed by atoms with van der Waals surface area (Å²) in [5.74, 6) is -0.210. The van der Waals surface area contributed by atoms with E-state index in [1.54, 1.807) is 12.1 Å². The first kappa shape index (κ1) is 12.1. The van der Waals surface area contributed by atoms with Crippen molar-refractivity contribution < 1.29 is 9.53 Å². The van der Waals surface area contributed by atoms with Crippen LogP contribution in [0, 0.1) is 5.92 Å². The lowest BCUT2D eigenvalue weighted by Crippen LogP contribution is -2.19. The standard InChI is InChI=1S/C12H15ClO2/c1-8(2)11(12(14)15-3)9-4-6-10(13)7-5-9/h4-8,11H,1-3H3/t11-/m0/s1. The smallest absolute Gasteiger partial charge is 0.313 e. The Kier molecular flexibility index (Phi) is 4.15. The molecule has 0 N–H and O–H groups in total. The van der Waals surface area contributed by atoms with Gasteiger partial charge >= 0.3 is 5.97 Å². The molecule has 82 valence electrons. The van der Waals surface area contributed by atoms with E-state index in [2.05, 4.69) is 0 Å². The maximum Gasteiger partial charge on any atom is 0.313 e. The minimum absolute atomic E-state index is 0.202. The van der Waals surface area contributed by atoms with Gasteiger partial charge in [-0.15, -0.1) is 0 Å². The highest BCUT2D eigenvalue weighted by atomic mass is 35.5. The summed E-state index contributed by atoms with van der Waals surface area (Å²) in [6, 6.07) is 7.30. The monoisotopic (exact) mass is 226 g/mol. The van der Waals surface area contributed by atoms with Gasteiger partial charge in [-0.25, -0.2) is 0 Å². The van der Waals surface area contributed by atoms with Crippen LogP contribution in [0.15, 0.2) is 24.3 Å². The van der Waals surface area contributed by atoms with Crippen LogP contribution in [0.3, 0.4) is 0 Å². The first-order valence-electron chi connectivity index (χ1n) is 4.89. The number of esters is 1. The third-order valence-corrected chi connectivity index (χ3v) is 2.60. The first-order chi connectivity index (χ1) is 7.06. The predicted octanol–water partition coefficient (Wildman–Crippen LogP) is 3.25. The van der Waals surface area contributed by atoms with Crippen molar-refractivity contribution in [1.82, 2.24) is 0 Å². The molecule has 0 spiro atoms. The van der Waals surface area contributed by atoms with E-state index in [0.717, 1.165) is 5.56 Å². The molecular weight excluding hydrogens is 212 g/mol. The van der Waals surface area contributed by atoms with Gasteiger partial charge in [0.25, 0.3) is 0 Å². The van der Waals surface area contributed by atoms with E-state index in [9.17, 15) is 4.79 Å². The van der Waals surface area contributed by atoms with E-state index in [0.29, 0.717) is 5.02 Å². The summed E-state index contributed by atoms with van der Waals surface area (Å²) in [5, 5.41) is 0.672. The second-order valence-electron chi connectivity index (χ2n) is 3.80. The van der Waals surface area contributed by atoms with Gasteiger partial charge < -0.3 is 4.74 Å². The highest BCUT2D eigenvalue weighted by Crippen LogP contribution is 2.26. The quantitative estimate of drug-likeness (QED) is 0.740. The van der Waals surface area contributed by atoms with E-state index in [4.69, 9.17) is 16.3 Å². The molecule has 0 aromatic heterocycles. The molecule has 0 bridgehead atoms. The van der Waals surface area contributed by atoms with Crippen molar-refractivity contribution in [3.05, 3.63) is 34.9 Å². The lowest BCUT2D eigenvalue weighted by atomic mass is 9.88. The van der Waals surface area contributed by atoms with Gasteiger partial charge in [0.05, 0.1) is 13.0 Å². The summed E-state index contributed by atoms with van der Waals surface area (Å²) in [6.45, 7) is 3.99. The number of halogens is 1. The molecule has 0 saturated carbocycles. The molecule has 2 nitrogen and oxygen atoms in total. The van der Waals surface area contributed by atoms with E-state index < -0.39 is 0 Å². The van der Waals surface area contributed by atoms with Gasteiger partial charge in [0.2, 0.25) is 0 Å².